The second kappa shape index (κ2) is 9.05. The number of rotatable bonds is 3. The van der Waals surface area contributed by atoms with Crippen molar-refractivity contribution in [1.29, 1.82) is 0 Å². The first-order valence-corrected chi connectivity index (χ1v) is 13.6. The topological polar surface area (TPSA) is 29.9 Å². The van der Waals surface area contributed by atoms with Gasteiger partial charge >= 0.3 is 0 Å². The van der Waals surface area contributed by atoms with Crippen LogP contribution in [-0.4, -0.2) is 4.98 Å². The maximum Gasteiger partial charge on any atom is 0.216 e. The first-order chi connectivity index (χ1) is 18.6. The minimum absolute atomic E-state index is 0.284. The molecular formula is C34H30FN2O+. The molecule has 38 heavy (non-hydrogen) atoms. The Morgan fingerprint density at radius 2 is 1.66 bits per heavy atom. The maximum absolute atomic E-state index is 16.3. The van der Waals surface area contributed by atoms with Crippen LogP contribution < -0.4 is 4.57 Å². The van der Waals surface area contributed by atoms with Crippen molar-refractivity contribution in [2.75, 3.05) is 0 Å². The minimum Gasteiger partial charge on any atom is -0.454 e. The molecular weight excluding hydrogens is 471 g/mol. The number of benzene rings is 3. The molecule has 0 spiro atoms. The maximum atomic E-state index is 16.3. The highest BCUT2D eigenvalue weighted by Crippen LogP contribution is 2.45. The number of nitrogens with zero attached hydrogens (tertiary/aromatic N) is 2. The summed E-state index contributed by atoms with van der Waals surface area (Å²) in [7, 11) is 2.03. The Hall–Kier alpha value is -4.05. The van der Waals surface area contributed by atoms with Crippen molar-refractivity contribution in [3.63, 3.8) is 0 Å². The van der Waals surface area contributed by atoms with Gasteiger partial charge in [-0.05, 0) is 60.6 Å². The molecule has 0 N–H and O–H groups in total. The zero-order valence-corrected chi connectivity index (χ0v) is 21.8. The van der Waals surface area contributed by atoms with E-state index in [1.807, 2.05) is 31.4 Å². The van der Waals surface area contributed by atoms with Gasteiger partial charge in [-0.15, -0.1) is 0 Å². The summed E-state index contributed by atoms with van der Waals surface area (Å²) in [6, 6.07) is 22.5. The fraction of sp³-hybridized carbons (Fsp3) is 0.235. The Balaban J connectivity index is 1.53. The van der Waals surface area contributed by atoms with Crippen molar-refractivity contribution in [3.05, 3.63) is 96.1 Å². The molecule has 4 heteroatoms. The van der Waals surface area contributed by atoms with Crippen molar-refractivity contribution in [2.45, 2.75) is 44.9 Å². The largest absolute Gasteiger partial charge is 0.454 e. The van der Waals surface area contributed by atoms with Crippen LogP contribution >= 0.6 is 0 Å². The van der Waals surface area contributed by atoms with E-state index in [1.165, 1.54) is 37.7 Å². The minimum atomic E-state index is -0.284. The molecule has 6 aromatic rings. The quantitative estimate of drug-likeness (QED) is 0.227. The third kappa shape index (κ3) is 3.54. The molecule has 3 heterocycles. The van der Waals surface area contributed by atoms with Crippen molar-refractivity contribution in [3.8, 4) is 22.4 Å². The molecule has 3 aromatic heterocycles. The fourth-order valence-corrected chi connectivity index (χ4v) is 6.40. The zero-order chi connectivity index (χ0) is 25.8. The summed E-state index contributed by atoms with van der Waals surface area (Å²) in [6.07, 6.45) is 10.2. The Morgan fingerprint density at radius 3 is 2.45 bits per heavy atom. The van der Waals surface area contributed by atoms with Crippen LogP contribution in [0.4, 0.5) is 4.39 Å². The fourth-order valence-electron chi connectivity index (χ4n) is 6.40. The van der Waals surface area contributed by atoms with Crippen LogP contribution in [-0.2, 0) is 7.05 Å². The van der Waals surface area contributed by atoms with Gasteiger partial charge in [0.15, 0.2) is 6.20 Å². The van der Waals surface area contributed by atoms with E-state index in [0.29, 0.717) is 28.0 Å². The number of pyridine rings is 2. The van der Waals surface area contributed by atoms with Gasteiger partial charge in [0.05, 0.1) is 22.0 Å². The Bertz CT molecular complexity index is 1830. The van der Waals surface area contributed by atoms with Crippen molar-refractivity contribution >= 4 is 32.8 Å². The molecule has 0 amide bonds. The van der Waals surface area contributed by atoms with Gasteiger partial charge in [-0.3, -0.25) is 4.98 Å². The predicted octanol–water partition coefficient (Wildman–Crippen LogP) is 8.79. The van der Waals surface area contributed by atoms with Crippen LogP contribution in [0.2, 0.25) is 0 Å². The van der Waals surface area contributed by atoms with Crippen LogP contribution in [0.1, 0.15) is 49.1 Å². The van der Waals surface area contributed by atoms with Gasteiger partial charge < -0.3 is 4.42 Å². The molecule has 1 aliphatic carbocycles. The molecule has 188 valence electrons. The number of aromatic nitrogens is 2. The first kappa shape index (κ1) is 23.1. The molecule has 0 bridgehead atoms. The zero-order valence-electron chi connectivity index (χ0n) is 21.8. The summed E-state index contributed by atoms with van der Waals surface area (Å²) in [5.74, 6) is 0.320. The summed E-state index contributed by atoms with van der Waals surface area (Å²) in [6.45, 7) is 2.09. The second-order valence-corrected chi connectivity index (χ2v) is 10.7. The molecule has 0 atom stereocenters. The van der Waals surface area contributed by atoms with E-state index in [-0.39, 0.29) is 5.82 Å². The van der Waals surface area contributed by atoms with Gasteiger partial charge in [0.2, 0.25) is 5.69 Å². The SMILES string of the molecule is Cc1ccc2c(oc3c(-c4ccc(C5CCCCC5)cc4)c(F)c4cccnc4c32)c1-c1cccc[n+]1C. The molecule has 1 saturated carbocycles. The Kier molecular flexibility index (Phi) is 5.50. The summed E-state index contributed by atoms with van der Waals surface area (Å²) in [5.41, 5.74) is 7.82. The number of aryl methyl sites for hydroxylation is 2. The van der Waals surface area contributed by atoms with Crippen LogP contribution in [0.25, 0.3) is 55.2 Å². The molecule has 1 fully saturated rings. The molecule has 1 aliphatic rings. The van der Waals surface area contributed by atoms with Crippen molar-refractivity contribution in [2.24, 2.45) is 7.05 Å². The predicted molar refractivity (Wildman–Crippen MR) is 152 cm³/mol. The monoisotopic (exact) mass is 501 g/mol. The number of hydrogen-bond acceptors (Lipinski definition) is 2. The third-order valence-corrected chi connectivity index (χ3v) is 8.38. The van der Waals surface area contributed by atoms with E-state index in [2.05, 4.69) is 58.9 Å². The first-order valence-electron chi connectivity index (χ1n) is 13.6. The Morgan fingerprint density at radius 1 is 0.842 bits per heavy atom. The summed E-state index contributed by atoms with van der Waals surface area (Å²) < 4.78 is 25.1. The van der Waals surface area contributed by atoms with Crippen molar-refractivity contribution in [1.82, 2.24) is 4.98 Å². The van der Waals surface area contributed by atoms with E-state index in [1.54, 1.807) is 12.3 Å². The van der Waals surface area contributed by atoms with E-state index in [4.69, 9.17) is 4.42 Å². The third-order valence-electron chi connectivity index (χ3n) is 8.38. The number of halogens is 1. The smallest absolute Gasteiger partial charge is 0.216 e. The van der Waals surface area contributed by atoms with Gasteiger partial charge in [0, 0.05) is 29.1 Å². The second-order valence-electron chi connectivity index (χ2n) is 10.7. The van der Waals surface area contributed by atoms with Crippen LogP contribution in [0.15, 0.2) is 83.5 Å². The van der Waals surface area contributed by atoms with E-state index in [9.17, 15) is 0 Å². The molecule has 0 aliphatic heterocycles. The molecule has 7 rings (SSSR count). The molecule has 0 unspecified atom stereocenters. The standard InChI is InChI=1S/C34H30FN2O/c1-21-13-18-25-30-32-26(11-8-19-36-32)31(35)29(24-16-14-23(15-17-24)22-9-4-3-5-10-22)34(30)38-33(25)28(21)27-12-6-7-20-37(27)2/h6-8,11-20,22H,3-5,9-10H2,1-2H3/q+1. The number of furan rings is 1. The highest BCUT2D eigenvalue weighted by Gasteiger charge is 2.26. The lowest BCUT2D eigenvalue weighted by atomic mass is 9.83. The Labute approximate surface area is 221 Å². The molecule has 0 radical (unpaired) electrons. The lowest BCUT2D eigenvalue weighted by molar-refractivity contribution is -0.660. The number of hydrogen-bond donors (Lipinski definition) is 0. The van der Waals surface area contributed by atoms with Gasteiger partial charge in [0.25, 0.3) is 0 Å². The number of fused-ring (bicyclic) bond motifs is 5. The van der Waals surface area contributed by atoms with Gasteiger partial charge in [0.1, 0.15) is 24.0 Å². The summed E-state index contributed by atoms with van der Waals surface area (Å²) in [5, 5.41) is 2.33. The normalized spacial score (nSPS) is 14.6. The van der Waals surface area contributed by atoms with Gasteiger partial charge in [-0.1, -0.05) is 55.7 Å². The lowest BCUT2D eigenvalue weighted by Crippen LogP contribution is -2.30. The highest BCUT2D eigenvalue weighted by molar-refractivity contribution is 6.23. The van der Waals surface area contributed by atoms with E-state index in [0.717, 1.165) is 38.7 Å². The lowest BCUT2D eigenvalue weighted by Gasteiger charge is -2.22. The highest BCUT2D eigenvalue weighted by atomic mass is 19.1. The van der Waals surface area contributed by atoms with Crippen molar-refractivity contribution < 1.29 is 13.4 Å². The summed E-state index contributed by atoms with van der Waals surface area (Å²) >= 11 is 0. The average molecular weight is 502 g/mol. The van der Waals surface area contributed by atoms with E-state index >= 15 is 4.39 Å². The van der Waals surface area contributed by atoms with Crippen LogP contribution in [0.3, 0.4) is 0 Å². The van der Waals surface area contributed by atoms with E-state index < -0.39 is 0 Å². The summed E-state index contributed by atoms with van der Waals surface area (Å²) in [4.78, 5) is 4.64. The molecule has 3 nitrogen and oxygen atoms in total. The average Bonchev–Trinajstić information content (AvgIpc) is 3.34. The van der Waals surface area contributed by atoms with Crippen LogP contribution in [0, 0.1) is 12.7 Å². The van der Waals surface area contributed by atoms with Gasteiger partial charge in [-0.25, -0.2) is 8.96 Å². The van der Waals surface area contributed by atoms with Crippen LogP contribution in [0.5, 0.6) is 0 Å². The molecule has 3 aromatic carbocycles. The van der Waals surface area contributed by atoms with Gasteiger partial charge in [-0.2, -0.15) is 0 Å². The molecule has 0 saturated heterocycles.